The van der Waals surface area contributed by atoms with E-state index in [0.29, 0.717) is 49.2 Å². The first-order valence-electron chi connectivity index (χ1n) is 19.6. The molecule has 0 spiro atoms. The summed E-state index contributed by atoms with van der Waals surface area (Å²) < 4.78 is 26.3. The Morgan fingerprint density at radius 2 is 1.66 bits per heavy atom. The first kappa shape index (κ1) is 51.1. The number of nitrogens with one attached hydrogen (secondary N) is 2. The SMILES string of the molecule is C.C=C[C@@H]1C[C@]1(NC(=O)[C@@H]1CCCN1C(=O)[C@@H](NC(=O)OC(C)(C)C)C(C)(C)C)C(N)=O.CC1CC1.COc1ccc2c(OC)nc(-c3ncc(OC)o3)cc2c1.O=CC=O.[HH].[HH].[HH]. The van der Waals surface area contributed by atoms with Gasteiger partial charge in [0.1, 0.15) is 40.9 Å². The fourth-order valence-electron chi connectivity index (χ4n) is 6.14. The van der Waals surface area contributed by atoms with E-state index in [1.54, 1.807) is 41.1 Å². The van der Waals surface area contributed by atoms with Crippen LogP contribution in [-0.4, -0.2) is 102 Å². The van der Waals surface area contributed by atoms with E-state index in [9.17, 15) is 19.2 Å². The van der Waals surface area contributed by atoms with E-state index in [2.05, 4.69) is 34.1 Å². The predicted octanol–water partition coefficient (Wildman–Crippen LogP) is 6.55. The highest BCUT2D eigenvalue weighted by Crippen LogP contribution is 2.44. The molecule has 17 nitrogen and oxygen atoms in total. The van der Waals surface area contributed by atoms with Crippen LogP contribution in [0, 0.1) is 17.3 Å². The maximum absolute atomic E-state index is 13.4. The molecular weight excluding hydrogens is 789 g/mol. The van der Waals surface area contributed by atoms with Gasteiger partial charge in [0.2, 0.25) is 29.5 Å². The summed E-state index contributed by atoms with van der Waals surface area (Å²) in [7, 11) is 4.72. The van der Waals surface area contributed by atoms with E-state index in [0.717, 1.165) is 22.4 Å². The summed E-state index contributed by atoms with van der Waals surface area (Å²) in [6.07, 6.45) is 7.28. The second kappa shape index (κ2) is 22.0. The Labute approximate surface area is 362 Å². The summed E-state index contributed by atoms with van der Waals surface area (Å²) in [6, 6.07) is 5.91. The van der Waals surface area contributed by atoms with E-state index in [-0.39, 0.29) is 36.1 Å². The third-order valence-corrected chi connectivity index (χ3v) is 9.72. The molecule has 61 heavy (non-hydrogen) atoms. The average Bonchev–Trinajstić information content (AvgIpc) is 3.99. The molecule has 3 fully saturated rings. The van der Waals surface area contributed by atoms with Crippen molar-refractivity contribution in [2.75, 3.05) is 27.9 Å². The van der Waals surface area contributed by atoms with Gasteiger partial charge in [0.15, 0.2) is 12.6 Å². The van der Waals surface area contributed by atoms with Crippen LogP contribution < -0.4 is 30.6 Å². The van der Waals surface area contributed by atoms with Crippen molar-refractivity contribution < 1.29 is 56.4 Å². The van der Waals surface area contributed by atoms with Gasteiger partial charge in [-0.2, -0.15) is 0 Å². The number of amides is 4. The lowest BCUT2D eigenvalue weighted by Crippen LogP contribution is -2.59. The zero-order valence-electron chi connectivity index (χ0n) is 36.3. The summed E-state index contributed by atoms with van der Waals surface area (Å²) in [5, 5.41) is 7.24. The smallest absolute Gasteiger partial charge is 0.408 e. The molecule has 1 saturated heterocycles. The molecule has 0 bridgehead atoms. The molecule has 2 saturated carbocycles. The van der Waals surface area contributed by atoms with Gasteiger partial charge < -0.3 is 44.6 Å². The number of nitrogens with two attached hydrogens (primary N) is 1. The molecule has 4 amide bonds. The van der Waals surface area contributed by atoms with Gasteiger partial charge in [-0.15, -0.1) is 6.58 Å². The van der Waals surface area contributed by atoms with Crippen LogP contribution in [0.15, 0.2) is 47.5 Å². The Balaban J connectivity index is 0. The number of hydrogen-bond acceptors (Lipinski definition) is 13. The van der Waals surface area contributed by atoms with Crippen LogP contribution in [0.5, 0.6) is 17.6 Å². The van der Waals surface area contributed by atoms with Crippen molar-refractivity contribution in [1.29, 1.82) is 0 Å². The van der Waals surface area contributed by atoms with Crippen molar-refractivity contribution in [2.24, 2.45) is 23.0 Å². The lowest BCUT2D eigenvalue weighted by atomic mass is 9.85. The first-order valence-corrected chi connectivity index (χ1v) is 19.6. The Kier molecular flexibility index (Phi) is 18.5. The number of aromatic nitrogens is 2. The third-order valence-electron chi connectivity index (χ3n) is 9.72. The second-order valence-corrected chi connectivity index (χ2v) is 16.8. The molecule has 6 rings (SSSR count). The van der Waals surface area contributed by atoms with E-state index in [1.165, 1.54) is 31.0 Å². The fourth-order valence-corrected chi connectivity index (χ4v) is 6.14. The number of likely N-dealkylation sites (tertiary alicyclic amines) is 1. The van der Waals surface area contributed by atoms with E-state index in [4.69, 9.17) is 38.7 Å². The van der Waals surface area contributed by atoms with Crippen molar-refractivity contribution >= 4 is 47.2 Å². The quantitative estimate of drug-likeness (QED) is 0.106. The Morgan fingerprint density at radius 3 is 2.11 bits per heavy atom. The van der Waals surface area contributed by atoms with Gasteiger partial charge in [-0.05, 0) is 81.0 Å². The molecule has 4 atom stereocenters. The number of carbonyl (C=O) groups is 6. The van der Waals surface area contributed by atoms with Gasteiger partial charge in [0, 0.05) is 22.1 Å². The van der Waals surface area contributed by atoms with Crippen LogP contribution in [0.1, 0.15) is 92.3 Å². The second-order valence-electron chi connectivity index (χ2n) is 16.8. The summed E-state index contributed by atoms with van der Waals surface area (Å²) in [5.74, 6) is 1.44. The number of nitrogens with zero attached hydrogens (tertiary/aromatic N) is 3. The highest BCUT2D eigenvalue weighted by molar-refractivity contribution is 6.09. The lowest BCUT2D eigenvalue weighted by molar-refractivity contribution is -0.142. The van der Waals surface area contributed by atoms with E-state index < -0.39 is 46.5 Å². The number of benzene rings is 1. The average molecular weight is 859 g/mol. The number of rotatable bonds is 11. The molecule has 0 radical (unpaired) electrons. The Hall–Kier alpha value is -6.00. The standard InChI is InChI=1S/C22H36N4O5.C15H14N2O4.C4H8.C2H2O2.CH4.3H2/c1-8-13-12-22(13,18(23)29)25-16(27)14-10-9-11-26(14)17(28)15(20(2,3)4)24-19(30)31-21(5,6)7;1-18-10-4-5-11-9(6-10)7-12(17-14(11)20-3)15-16-8-13(19-2)21-15;1-4-2-3-4;3-1-2-4;;;;/h8,13-15H,1,9-12H2,2-7H3,(H2,23,29)(H,24,30)(H,25,27);4-8H,1-3H3;4H,2-3H2,1H3;1-2H;1H4;3*1H/t13-,14+,15-,22-;;;;;;;/m1......./s1. The minimum Gasteiger partial charge on any atom is -0.497 e. The third kappa shape index (κ3) is 14.3. The van der Waals surface area contributed by atoms with Crippen LogP contribution in [-0.2, 0) is 28.7 Å². The van der Waals surface area contributed by atoms with Gasteiger partial charge >= 0.3 is 12.0 Å². The van der Waals surface area contributed by atoms with Gasteiger partial charge in [-0.3, -0.25) is 24.0 Å². The molecule has 0 unspecified atom stereocenters. The first-order chi connectivity index (χ1) is 28.2. The number of oxazole rings is 1. The zero-order chi connectivity index (χ0) is 45.0. The Morgan fingerprint density at radius 1 is 1.02 bits per heavy atom. The molecule has 3 aliphatic rings. The normalized spacial score (nSPS) is 19.2. The number of methoxy groups -OCH3 is 3. The van der Waals surface area contributed by atoms with Gasteiger partial charge in [0.05, 0.1) is 21.3 Å². The Bertz CT molecular complexity index is 2010. The van der Waals surface area contributed by atoms with Gasteiger partial charge in [0.25, 0.3) is 0 Å². The summed E-state index contributed by atoms with van der Waals surface area (Å²) in [6.45, 7) is 17.1. The number of pyridine rings is 1. The minimum atomic E-state index is -1.13. The highest BCUT2D eigenvalue weighted by atomic mass is 16.6. The molecule has 17 heteroatoms. The maximum atomic E-state index is 13.4. The highest BCUT2D eigenvalue weighted by Gasteiger charge is 2.59. The van der Waals surface area contributed by atoms with Gasteiger partial charge in [-0.1, -0.05) is 54.0 Å². The molecule has 1 aliphatic heterocycles. The largest absolute Gasteiger partial charge is 0.497 e. The van der Waals surface area contributed by atoms with Gasteiger partial charge in [-0.25, -0.2) is 14.8 Å². The predicted molar refractivity (Wildman–Crippen MR) is 236 cm³/mol. The van der Waals surface area contributed by atoms with Crippen molar-refractivity contribution in [3.05, 3.63) is 43.1 Å². The van der Waals surface area contributed by atoms with Crippen LogP contribution in [0.4, 0.5) is 4.79 Å². The van der Waals surface area contributed by atoms with Crippen LogP contribution >= 0.6 is 0 Å². The van der Waals surface area contributed by atoms with E-state index in [1.807, 2.05) is 45.0 Å². The fraction of sp³-hybridized carbons (Fsp3) is 0.545. The number of ether oxygens (including phenoxy) is 4. The monoisotopic (exact) mass is 859 g/mol. The topological polar surface area (TPSA) is 232 Å². The molecule has 3 aromatic rings. The molecule has 1 aromatic carbocycles. The minimum absolute atomic E-state index is 0. The van der Waals surface area contributed by atoms with Crippen molar-refractivity contribution in [3.8, 4) is 29.2 Å². The van der Waals surface area contributed by atoms with E-state index >= 15 is 0 Å². The number of hydrogen-bond donors (Lipinski definition) is 3. The zero-order valence-corrected chi connectivity index (χ0v) is 36.3. The van der Waals surface area contributed by atoms with Crippen molar-refractivity contribution in [3.63, 3.8) is 0 Å². The molecule has 4 N–H and O–H groups in total. The molecule has 3 heterocycles. The van der Waals surface area contributed by atoms with Crippen LogP contribution in [0.3, 0.4) is 0 Å². The summed E-state index contributed by atoms with van der Waals surface area (Å²) in [4.78, 5) is 78.3. The number of primary amides is 1. The lowest BCUT2D eigenvalue weighted by Gasteiger charge is -2.36. The molecular formula is C44H70N6O11. The molecule has 2 aromatic heterocycles. The van der Waals surface area contributed by atoms with Crippen LogP contribution in [0.25, 0.3) is 22.4 Å². The molecule has 342 valence electrons. The molecule has 2 aliphatic carbocycles. The van der Waals surface area contributed by atoms with Crippen LogP contribution in [0.2, 0.25) is 0 Å². The number of alkyl carbamates (subject to hydrolysis) is 1. The summed E-state index contributed by atoms with van der Waals surface area (Å²) >= 11 is 0. The maximum Gasteiger partial charge on any atom is 0.408 e. The van der Waals surface area contributed by atoms with Crippen molar-refractivity contribution in [1.82, 2.24) is 25.5 Å². The van der Waals surface area contributed by atoms with Crippen molar-refractivity contribution in [2.45, 2.75) is 111 Å². The number of aldehydes is 2. The number of fused-ring (bicyclic) bond motifs is 1. The number of carbonyl (C=O) groups excluding carboxylic acids is 6. The summed E-state index contributed by atoms with van der Waals surface area (Å²) in [5.41, 5.74) is 3.62.